The van der Waals surface area contributed by atoms with Gasteiger partial charge in [-0.25, -0.2) is 4.98 Å². The van der Waals surface area contributed by atoms with E-state index in [1.165, 1.54) is 0 Å². The zero-order chi connectivity index (χ0) is 21.9. The molecule has 6 heteroatoms. The van der Waals surface area contributed by atoms with E-state index in [4.69, 9.17) is 0 Å². The molecule has 2 heterocycles. The number of carbonyl (C=O) groups excluding carboxylic acids is 2. The number of imidazole rings is 1. The van der Waals surface area contributed by atoms with Crippen LogP contribution in [-0.4, -0.2) is 32.8 Å². The molecule has 32 heavy (non-hydrogen) atoms. The summed E-state index contributed by atoms with van der Waals surface area (Å²) in [6.07, 6.45) is 1.77. The van der Waals surface area contributed by atoms with Gasteiger partial charge in [0.05, 0.1) is 0 Å². The Morgan fingerprint density at radius 1 is 0.812 bits per heavy atom. The Kier molecular flexibility index (Phi) is 5.25. The van der Waals surface area contributed by atoms with Crippen molar-refractivity contribution in [2.45, 2.75) is 12.6 Å². The largest absolute Gasteiger partial charge is 0.330 e. The lowest BCUT2D eigenvalue weighted by molar-refractivity contribution is 0.0658. The number of fused-ring (bicyclic) bond motifs is 1. The highest BCUT2D eigenvalue weighted by Crippen LogP contribution is 2.33. The summed E-state index contributed by atoms with van der Waals surface area (Å²) in [4.78, 5) is 32.8. The third-order valence-electron chi connectivity index (χ3n) is 5.61. The fourth-order valence-corrected chi connectivity index (χ4v) is 4.07. The molecule has 1 aliphatic heterocycles. The summed E-state index contributed by atoms with van der Waals surface area (Å²) in [5, 5.41) is 2.89. The van der Waals surface area contributed by atoms with Crippen molar-refractivity contribution in [1.82, 2.24) is 14.5 Å². The van der Waals surface area contributed by atoms with Crippen LogP contribution in [0, 0.1) is 0 Å². The molecule has 2 amide bonds. The Hall–Kier alpha value is -4.19. The predicted molar refractivity (Wildman–Crippen MR) is 122 cm³/mol. The summed E-state index contributed by atoms with van der Waals surface area (Å²) in [5.41, 5.74) is 2.64. The van der Waals surface area contributed by atoms with Gasteiger partial charge in [-0.2, -0.15) is 0 Å². The van der Waals surface area contributed by atoms with Gasteiger partial charge in [-0.05, 0) is 29.8 Å². The molecule has 0 bridgehead atoms. The third-order valence-corrected chi connectivity index (χ3v) is 5.61. The van der Waals surface area contributed by atoms with Crippen molar-refractivity contribution in [3.8, 4) is 0 Å². The second kappa shape index (κ2) is 8.51. The Labute approximate surface area is 186 Å². The van der Waals surface area contributed by atoms with E-state index in [1.54, 1.807) is 6.20 Å². The summed E-state index contributed by atoms with van der Waals surface area (Å²) in [6.45, 7) is 1.10. The van der Waals surface area contributed by atoms with Crippen molar-refractivity contribution >= 4 is 17.5 Å². The minimum atomic E-state index is -0.379. The van der Waals surface area contributed by atoms with Crippen LogP contribution in [0.5, 0.6) is 0 Å². The van der Waals surface area contributed by atoms with Crippen LogP contribution < -0.4 is 5.32 Å². The maximum Gasteiger partial charge on any atom is 0.275 e. The van der Waals surface area contributed by atoms with Gasteiger partial charge in [0.25, 0.3) is 11.8 Å². The van der Waals surface area contributed by atoms with Crippen molar-refractivity contribution in [3.05, 3.63) is 120 Å². The van der Waals surface area contributed by atoms with E-state index in [2.05, 4.69) is 10.3 Å². The van der Waals surface area contributed by atoms with Crippen LogP contribution in [0.2, 0.25) is 0 Å². The van der Waals surface area contributed by atoms with Crippen molar-refractivity contribution in [1.29, 1.82) is 0 Å². The van der Waals surface area contributed by atoms with Crippen LogP contribution >= 0.6 is 0 Å². The molecule has 0 radical (unpaired) electrons. The van der Waals surface area contributed by atoms with Gasteiger partial charge in [0.1, 0.15) is 17.6 Å². The maximum absolute atomic E-state index is 13.4. The van der Waals surface area contributed by atoms with Crippen LogP contribution in [0.1, 0.15) is 38.3 Å². The normalized spacial score (nSPS) is 15.1. The molecule has 1 atom stereocenters. The van der Waals surface area contributed by atoms with Gasteiger partial charge in [-0.15, -0.1) is 0 Å². The van der Waals surface area contributed by atoms with Gasteiger partial charge in [0, 0.05) is 30.5 Å². The summed E-state index contributed by atoms with van der Waals surface area (Å²) >= 11 is 0. The molecule has 0 saturated carbocycles. The van der Waals surface area contributed by atoms with Gasteiger partial charge in [-0.1, -0.05) is 66.7 Å². The Bertz CT molecular complexity index is 1240. The first-order chi connectivity index (χ1) is 15.7. The van der Waals surface area contributed by atoms with Crippen LogP contribution in [0.4, 0.5) is 5.69 Å². The molecule has 0 saturated heterocycles. The van der Waals surface area contributed by atoms with Crippen LogP contribution in [0.25, 0.3) is 0 Å². The van der Waals surface area contributed by atoms with Crippen molar-refractivity contribution in [2.75, 3.05) is 11.9 Å². The molecule has 1 N–H and O–H groups in total. The van der Waals surface area contributed by atoms with E-state index >= 15 is 0 Å². The Balaban J connectivity index is 1.51. The average Bonchev–Trinajstić information content (AvgIpc) is 3.29. The molecule has 5 rings (SSSR count). The number of carbonyl (C=O) groups is 2. The molecule has 3 aromatic carbocycles. The first-order valence-electron chi connectivity index (χ1n) is 10.5. The number of anilines is 1. The summed E-state index contributed by atoms with van der Waals surface area (Å²) < 4.78 is 1.98. The van der Waals surface area contributed by atoms with Crippen molar-refractivity contribution < 1.29 is 9.59 Å². The van der Waals surface area contributed by atoms with Crippen molar-refractivity contribution in [3.63, 3.8) is 0 Å². The Morgan fingerprint density at radius 3 is 2.12 bits per heavy atom. The topological polar surface area (TPSA) is 67.2 Å². The molecule has 4 aromatic rings. The summed E-state index contributed by atoms with van der Waals surface area (Å²) in [5.74, 6) is 0.361. The number of aromatic nitrogens is 2. The Morgan fingerprint density at radius 2 is 1.44 bits per heavy atom. The van der Waals surface area contributed by atoms with Crippen molar-refractivity contribution in [2.24, 2.45) is 0 Å². The number of nitrogens with one attached hydrogen (secondary N) is 1. The minimum absolute atomic E-state index is 0.0519. The lowest BCUT2D eigenvalue weighted by Crippen LogP contribution is -2.42. The molecule has 6 nitrogen and oxygen atoms in total. The number of hydrogen-bond donors (Lipinski definition) is 1. The third kappa shape index (κ3) is 3.78. The van der Waals surface area contributed by atoms with Gasteiger partial charge < -0.3 is 14.8 Å². The lowest BCUT2D eigenvalue weighted by Gasteiger charge is -2.36. The molecule has 158 valence electrons. The fraction of sp³-hybridized carbons (Fsp3) is 0.115. The van der Waals surface area contributed by atoms with E-state index < -0.39 is 0 Å². The highest BCUT2D eigenvalue weighted by Gasteiger charge is 2.35. The monoisotopic (exact) mass is 422 g/mol. The number of benzene rings is 3. The fourth-order valence-electron chi connectivity index (χ4n) is 4.07. The van der Waals surface area contributed by atoms with Gasteiger partial charge >= 0.3 is 0 Å². The standard InChI is InChI=1S/C26H22N4O2/c31-25(27-21-14-8-3-9-15-21)22-18-29-16-17-30(26(32)20-12-6-2-7-13-20)23(24(29)28-22)19-10-4-1-5-11-19/h1-15,18,23H,16-17H2,(H,27,31). The van der Waals surface area contributed by atoms with E-state index in [9.17, 15) is 9.59 Å². The number of rotatable bonds is 4. The second-order valence-electron chi connectivity index (χ2n) is 7.68. The maximum atomic E-state index is 13.4. The first-order valence-corrected chi connectivity index (χ1v) is 10.5. The van der Waals surface area contributed by atoms with Crippen LogP contribution in [-0.2, 0) is 6.54 Å². The second-order valence-corrected chi connectivity index (χ2v) is 7.68. The molecular formula is C26H22N4O2. The molecule has 0 spiro atoms. The first kappa shape index (κ1) is 19.8. The molecule has 1 aromatic heterocycles. The highest BCUT2D eigenvalue weighted by molar-refractivity contribution is 6.02. The van der Waals surface area contributed by atoms with Crippen LogP contribution in [0.3, 0.4) is 0 Å². The summed E-state index contributed by atoms with van der Waals surface area (Å²) in [6, 6.07) is 28.0. The number of para-hydroxylation sites is 1. The SMILES string of the molecule is O=C(Nc1ccccc1)c1cn2c(n1)C(c1ccccc1)N(C(=O)c1ccccc1)CC2. The molecule has 0 fully saturated rings. The van der Waals surface area contributed by atoms with E-state index in [1.807, 2.05) is 100 Å². The van der Waals surface area contributed by atoms with Gasteiger partial charge in [-0.3, -0.25) is 9.59 Å². The predicted octanol–water partition coefficient (Wildman–Crippen LogP) is 4.38. The quantitative estimate of drug-likeness (QED) is 0.531. The zero-order valence-electron chi connectivity index (χ0n) is 17.4. The average molecular weight is 422 g/mol. The molecule has 1 aliphatic rings. The van der Waals surface area contributed by atoms with Gasteiger partial charge in [0.15, 0.2) is 0 Å². The smallest absolute Gasteiger partial charge is 0.275 e. The molecular weight excluding hydrogens is 400 g/mol. The summed E-state index contributed by atoms with van der Waals surface area (Å²) in [7, 11) is 0. The lowest BCUT2D eigenvalue weighted by atomic mass is 10.0. The van der Waals surface area contributed by atoms with E-state index in [-0.39, 0.29) is 17.9 Å². The highest BCUT2D eigenvalue weighted by atomic mass is 16.2. The van der Waals surface area contributed by atoms with Crippen LogP contribution in [0.15, 0.2) is 97.2 Å². The number of amides is 2. The minimum Gasteiger partial charge on any atom is -0.330 e. The zero-order valence-corrected chi connectivity index (χ0v) is 17.4. The van der Waals surface area contributed by atoms with E-state index in [0.717, 1.165) is 5.56 Å². The number of nitrogens with zero attached hydrogens (tertiary/aromatic N) is 3. The molecule has 0 aliphatic carbocycles. The number of hydrogen-bond acceptors (Lipinski definition) is 3. The van der Waals surface area contributed by atoms with Gasteiger partial charge in [0.2, 0.25) is 0 Å². The van der Waals surface area contributed by atoms with E-state index in [0.29, 0.717) is 35.9 Å². The molecule has 1 unspecified atom stereocenters.